The van der Waals surface area contributed by atoms with E-state index in [1.54, 1.807) is 17.5 Å². The molecule has 3 heterocycles. The fourth-order valence-electron chi connectivity index (χ4n) is 3.44. The number of hydrogen-bond donors (Lipinski definition) is 2. The number of methoxy groups -OCH3 is 1. The van der Waals surface area contributed by atoms with Crippen molar-refractivity contribution >= 4 is 61.9 Å². The van der Waals surface area contributed by atoms with E-state index in [0.717, 1.165) is 15.2 Å². The van der Waals surface area contributed by atoms with Crippen molar-refractivity contribution in [2.24, 2.45) is 0 Å². The molecule has 1 fully saturated rings. The molecule has 0 saturated carbocycles. The number of thiophene rings is 1. The third-order valence-corrected chi connectivity index (χ3v) is 6.70. The first-order valence-electron chi connectivity index (χ1n) is 9.21. The average molecular weight is 503 g/mol. The van der Waals surface area contributed by atoms with Gasteiger partial charge in [-0.3, -0.25) is 9.78 Å². The van der Waals surface area contributed by atoms with Gasteiger partial charge in [0.05, 0.1) is 21.6 Å². The molecule has 1 saturated heterocycles. The summed E-state index contributed by atoms with van der Waals surface area (Å²) in [7, 11) is 1.49. The van der Waals surface area contributed by atoms with E-state index in [4.69, 9.17) is 17.0 Å². The number of rotatable bonds is 6. The molecule has 1 amide bonds. The van der Waals surface area contributed by atoms with E-state index in [-0.39, 0.29) is 24.6 Å². The molecule has 1 aromatic carbocycles. The number of carbonyl (C=O) groups excluding carboxylic acids is 1. The Hall–Kier alpha value is -2.33. The van der Waals surface area contributed by atoms with Gasteiger partial charge in [-0.1, -0.05) is 6.07 Å². The van der Waals surface area contributed by atoms with Gasteiger partial charge in [0.15, 0.2) is 5.11 Å². The summed E-state index contributed by atoms with van der Waals surface area (Å²) in [6.07, 6.45) is 1.79. The van der Waals surface area contributed by atoms with Crippen LogP contribution in [0.3, 0.4) is 0 Å². The number of aromatic nitrogens is 1. The number of halogens is 1. The second kappa shape index (κ2) is 9.22. The van der Waals surface area contributed by atoms with Crippen LogP contribution in [0.1, 0.15) is 22.7 Å². The predicted octanol–water partition coefficient (Wildman–Crippen LogP) is 4.67. The van der Waals surface area contributed by atoms with E-state index in [2.05, 4.69) is 42.5 Å². The van der Waals surface area contributed by atoms with E-state index in [9.17, 15) is 4.79 Å². The van der Waals surface area contributed by atoms with E-state index >= 15 is 0 Å². The highest BCUT2D eigenvalue weighted by Crippen LogP contribution is 2.44. The Balaban J connectivity index is 1.67. The number of ether oxygens (including phenoxy) is 1. The summed E-state index contributed by atoms with van der Waals surface area (Å²) in [6, 6.07) is 17.6. The molecule has 0 bridgehead atoms. The second-order valence-electron chi connectivity index (χ2n) is 6.67. The fourth-order valence-corrected chi connectivity index (χ4v) is 5.34. The van der Waals surface area contributed by atoms with Crippen molar-refractivity contribution in [2.45, 2.75) is 12.1 Å². The molecule has 2 atom stereocenters. The maximum atomic E-state index is 11.8. The van der Waals surface area contributed by atoms with Gasteiger partial charge in [0.25, 0.3) is 0 Å². The lowest BCUT2D eigenvalue weighted by Gasteiger charge is -2.27. The van der Waals surface area contributed by atoms with Crippen LogP contribution in [-0.4, -0.2) is 29.7 Å². The summed E-state index contributed by atoms with van der Waals surface area (Å²) in [5, 5.41) is 6.88. The molecule has 1 aliphatic rings. The van der Waals surface area contributed by atoms with Crippen LogP contribution < -0.4 is 15.5 Å². The minimum atomic E-state index is -0.194. The van der Waals surface area contributed by atoms with Crippen molar-refractivity contribution < 1.29 is 9.53 Å². The van der Waals surface area contributed by atoms with Gasteiger partial charge in [-0.15, -0.1) is 11.3 Å². The van der Waals surface area contributed by atoms with Gasteiger partial charge in [0, 0.05) is 29.6 Å². The lowest BCUT2D eigenvalue weighted by Crippen LogP contribution is -2.29. The normalized spacial score (nSPS) is 18.3. The molecule has 2 N–H and O–H groups in total. The predicted molar refractivity (Wildman–Crippen MR) is 127 cm³/mol. The third-order valence-electron chi connectivity index (χ3n) is 4.69. The molecule has 6 nitrogen and oxygen atoms in total. The molecule has 0 spiro atoms. The first-order chi connectivity index (χ1) is 14.6. The van der Waals surface area contributed by atoms with Crippen molar-refractivity contribution in [1.29, 1.82) is 0 Å². The number of benzene rings is 1. The summed E-state index contributed by atoms with van der Waals surface area (Å²) in [5.74, 6) is -0.194. The van der Waals surface area contributed by atoms with Crippen LogP contribution in [0.5, 0.6) is 0 Å². The zero-order chi connectivity index (χ0) is 21.1. The molecule has 0 radical (unpaired) electrons. The zero-order valence-corrected chi connectivity index (χ0v) is 19.3. The van der Waals surface area contributed by atoms with Crippen molar-refractivity contribution in [1.82, 2.24) is 10.3 Å². The van der Waals surface area contributed by atoms with E-state index in [1.807, 2.05) is 48.5 Å². The Kier molecular flexibility index (Phi) is 6.43. The van der Waals surface area contributed by atoms with Crippen LogP contribution in [0, 0.1) is 0 Å². The van der Waals surface area contributed by atoms with Gasteiger partial charge in [0.2, 0.25) is 5.91 Å². The maximum absolute atomic E-state index is 11.8. The SMILES string of the molecule is COCC(=O)Nc1ccc(N2C(=S)N[C@@H](c3ccccn3)[C@H]2c2ccc(Br)s2)cc1. The molecule has 1 aliphatic heterocycles. The van der Waals surface area contributed by atoms with Crippen molar-refractivity contribution in [3.8, 4) is 0 Å². The molecular weight excluding hydrogens is 484 g/mol. The molecule has 2 aromatic heterocycles. The minimum absolute atomic E-state index is 0.0168. The van der Waals surface area contributed by atoms with Crippen LogP contribution in [-0.2, 0) is 9.53 Å². The Labute approximate surface area is 192 Å². The number of anilines is 2. The van der Waals surface area contributed by atoms with Crippen molar-refractivity contribution in [2.75, 3.05) is 23.9 Å². The summed E-state index contributed by atoms with van der Waals surface area (Å²) >= 11 is 11.0. The Morgan fingerprint density at radius 2 is 2.07 bits per heavy atom. The Morgan fingerprint density at radius 1 is 1.27 bits per heavy atom. The van der Waals surface area contributed by atoms with Gasteiger partial charge in [-0.25, -0.2) is 0 Å². The molecule has 154 valence electrons. The monoisotopic (exact) mass is 502 g/mol. The van der Waals surface area contributed by atoms with Crippen molar-refractivity contribution in [3.63, 3.8) is 0 Å². The average Bonchev–Trinajstić information content (AvgIpc) is 3.32. The van der Waals surface area contributed by atoms with Crippen LogP contribution in [0.4, 0.5) is 11.4 Å². The number of nitrogens with zero attached hydrogens (tertiary/aromatic N) is 2. The standard InChI is InChI=1S/C21H19BrN4O2S2/c1-28-12-18(27)24-13-5-7-14(8-6-13)26-20(16-9-10-17(22)30-16)19(25-21(26)29)15-4-2-3-11-23-15/h2-11,19-20H,12H2,1H3,(H,24,27)(H,25,29)/t19-,20+/m0/s1. The number of thiocarbonyl (C=S) groups is 1. The summed E-state index contributed by atoms with van der Waals surface area (Å²) in [6.45, 7) is 0.0168. The van der Waals surface area contributed by atoms with E-state index in [0.29, 0.717) is 10.8 Å². The van der Waals surface area contributed by atoms with Gasteiger partial charge in [-0.05, 0) is 76.7 Å². The number of carbonyl (C=O) groups is 1. The lowest BCUT2D eigenvalue weighted by atomic mass is 10.0. The maximum Gasteiger partial charge on any atom is 0.250 e. The Bertz CT molecular complexity index is 1040. The summed E-state index contributed by atoms with van der Waals surface area (Å²) < 4.78 is 5.92. The summed E-state index contributed by atoms with van der Waals surface area (Å²) in [5.41, 5.74) is 2.57. The van der Waals surface area contributed by atoms with E-state index < -0.39 is 0 Å². The quantitative estimate of drug-likeness (QED) is 0.477. The highest BCUT2D eigenvalue weighted by atomic mass is 79.9. The smallest absolute Gasteiger partial charge is 0.250 e. The third kappa shape index (κ3) is 4.39. The van der Waals surface area contributed by atoms with Gasteiger partial charge in [-0.2, -0.15) is 0 Å². The van der Waals surface area contributed by atoms with Crippen LogP contribution >= 0.6 is 39.5 Å². The number of nitrogens with one attached hydrogen (secondary N) is 2. The largest absolute Gasteiger partial charge is 0.375 e. The van der Waals surface area contributed by atoms with Crippen LogP contribution in [0.2, 0.25) is 0 Å². The molecule has 0 aliphatic carbocycles. The lowest BCUT2D eigenvalue weighted by molar-refractivity contribution is -0.119. The Morgan fingerprint density at radius 3 is 2.70 bits per heavy atom. The molecule has 0 unspecified atom stereocenters. The molecule has 30 heavy (non-hydrogen) atoms. The van der Waals surface area contributed by atoms with Crippen LogP contribution in [0.25, 0.3) is 0 Å². The molecule has 4 rings (SSSR count). The zero-order valence-electron chi connectivity index (χ0n) is 16.0. The van der Waals surface area contributed by atoms with Gasteiger partial charge in [0.1, 0.15) is 6.61 Å². The van der Waals surface area contributed by atoms with Crippen LogP contribution in [0.15, 0.2) is 64.6 Å². The van der Waals surface area contributed by atoms with Gasteiger partial charge < -0.3 is 20.3 Å². The van der Waals surface area contributed by atoms with Crippen molar-refractivity contribution in [3.05, 3.63) is 75.2 Å². The molecule has 9 heteroatoms. The second-order valence-corrected chi connectivity index (χ2v) is 9.55. The first-order valence-corrected chi connectivity index (χ1v) is 11.2. The van der Waals surface area contributed by atoms with E-state index in [1.165, 1.54) is 12.0 Å². The molecular formula is C21H19BrN4O2S2. The number of pyridine rings is 1. The first kappa shape index (κ1) is 20.9. The highest BCUT2D eigenvalue weighted by molar-refractivity contribution is 9.11. The highest BCUT2D eigenvalue weighted by Gasteiger charge is 2.41. The number of amides is 1. The minimum Gasteiger partial charge on any atom is -0.375 e. The fraction of sp³-hybridized carbons (Fsp3) is 0.190. The summed E-state index contributed by atoms with van der Waals surface area (Å²) in [4.78, 5) is 19.6. The number of hydrogen-bond acceptors (Lipinski definition) is 5. The van der Waals surface area contributed by atoms with Gasteiger partial charge >= 0.3 is 0 Å². The molecule has 3 aromatic rings. The topological polar surface area (TPSA) is 66.5 Å².